The lowest BCUT2D eigenvalue weighted by Crippen LogP contribution is -2.34. The van der Waals surface area contributed by atoms with Crippen molar-refractivity contribution in [3.05, 3.63) is 35.4 Å². The molecule has 0 aliphatic heterocycles. The van der Waals surface area contributed by atoms with Crippen molar-refractivity contribution >= 4 is 15.9 Å². The summed E-state index contributed by atoms with van der Waals surface area (Å²) in [5.41, 5.74) is 3.37. The Morgan fingerprint density at radius 2 is 2.19 bits per heavy atom. The van der Waals surface area contributed by atoms with E-state index in [0.717, 1.165) is 18.4 Å². The van der Waals surface area contributed by atoms with Gasteiger partial charge in [-0.2, -0.15) is 0 Å². The van der Waals surface area contributed by atoms with E-state index in [1.54, 1.807) is 7.11 Å². The predicted molar refractivity (Wildman–Crippen MR) is 71.3 cm³/mol. The summed E-state index contributed by atoms with van der Waals surface area (Å²) in [5.74, 6) is 0. The number of hydrogen-bond acceptors (Lipinski definition) is 1. The van der Waals surface area contributed by atoms with Crippen molar-refractivity contribution in [1.29, 1.82) is 0 Å². The average Bonchev–Trinajstić information content (AvgIpc) is 2.36. The first kappa shape index (κ1) is 12.1. The maximum atomic E-state index is 5.27. The number of fused-ring (bicyclic) bond motifs is 1. The highest BCUT2D eigenvalue weighted by Crippen LogP contribution is 2.41. The van der Waals surface area contributed by atoms with Gasteiger partial charge in [0.2, 0.25) is 0 Å². The van der Waals surface area contributed by atoms with Gasteiger partial charge in [0.1, 0.15) is 0 Å². The van der Waals surface area contributed by atoms with Gasteiger partial charge in [-0.1, -0.05) is 40.2 Å². The smallest absolute Gasteiger partial charge is 0.0471 e. The van der Waals surface area contributed by atoms with Crippen LogP contribution in [0.1, 0.15) is 30.4 Å². The second kappa shape index (κ2) is 5.33. The molecule has 0 aromatic heterocycles. The van der Waals surface area contributed by atoms with Crippen LogP contribution in [0, 0.1) is 0 Å². The molecule has 0 N–H and O–H groups in total. The van der Waals surface area contributed by atoms with E-state index in [4.69, 9.17) is 4.74 Å². The molecule has 1 aliphatic carbocycles. The molecule has 1 aliphatic rings. The third-order valence-electron chi connectivity index (χ3n) is 3.73. The molecule has 0 spiro atoms. The third kappa shape index (κ3) is 2.18. The van der Waals surface area contributed by atoms with Crippen molar-refractivity contribution in [3.8, 4) is 0 Å². The van der Waals surface area contributed by atoms with E-state index in [1.807, 2.05) is 0 Å². The number of benzene rings is 1. The Morgan fingerprint density at radius 3 is 2.94 bits per heavy atom. The maximum absolute atomic E-state index is 5.27. The summed E-state index contributed by atoms with van der Waals surface area (Å²) in [5, 5.41) is 1.04. The average molecular weight is 283 g/mol. The fourth-order valence-corrected chi connectivity index (χ4v) is 3.63. The van der Waals surface area contributed by atoms with Gasteiger partial charge in [0.25, 0.3) is 0 Å². The molecular weight excluding hydrogens is 264 g/mol. The van der Waals surface area contributed by atoms with E-state index in [9.17, 15) is 0 Å². The number of alkyl halides is 1. The second-order valence-corrected chi connectivity index (χ2v) is 5.23. The molecule has 2 heteroatoms. The molecule has 2 rings (SSSR count). The van der Waals surface area contributed by atoms with Gasteiger partial charge >= 0.3 is 0 Å². The highest BCUT2D eigenvalue weighted by Gasteiger charge is 2.34. The van der Waals surface area contributed by atoms with Crippen molar-refractivity contribution in [3.63, 3.8) is 0 Å². The largest absolute Gasteiger partial charge is 0.385 e. The van der Waals surface area contributed by atoms with Crippen molar-refractivity contribution < 1.29 is 4.74 Å². The molecule has 1 aromatic rings. The first-order valence-corrected chi connectivity index (χ1v) is 7.08. The van der Waals surface area contributed by atoms with Gasteiger partial charge in [0.15, 0.2) is 0 Å². The molecule has 1 aromatic carbocycles. The van der Waals surface area contributed by atoms with Gasteiger partial charge in [-0.25, -0.2) is 0 Å². The molecule has 1 nitrogen and oxygen atoms in total. The highest BCUT2D eigenvalue weighted by atomic mass is 79.9. The molecule has 0 radical (unpaired) electrons. The normalized spacial score (nSPS) is 24.1. The summed E-state index contributed by atoms with van der Waals surface area (Å²) < 4.78 is 5.27. The zero-order valence-corrected chi connectivity index (χ0v) is 11.4. The molecule has 88 valence electrons. The molecule has 0 heterocycles. The van der Waals surface area contributed by atoms with Crippen molar-refractivity contribution in [1.82, 2.24) is 0 Å². The van der Waals surface area contributed by atoms with Crippen LogP contribution in [0.4, 0.5) is 0 Å². The van der Waals surface area contributed by atoms with Gasteiger partial charge in [0.05, 0.1) is 0 Å². The monoisotopic (exact) mass is 282 g/mol. The Bertz CT molecular complexity index is 350. The Balaban J connectivity index is 2.33. The molecule has 0 amide bonds. The van der Waals surface area contributed by atoms with Crippen LogP contribution in [-0.2, 0) is 16.6 Å². The zero-order valence-electron chi connectivity index (χ0n) is 9.84. The molecule has 1 unspecified atom stereocenters. The number of ether oxygens (including phenoxy) is 1. The number of rotatable bonds is 4. The number of aryl methyl sites for hydroxylation is 1. The minimum atomic E-state index is 0.296. The SMILES string of the molecule is COCCC1(CBr)CCCc2ccccc21. The van der Waals surface area contributed by atoms with Crippen LogP contribution in [0.15, 0.2) is 24.3 Å². The van der Waals surface area contributed by atoms with Crippen LogP contribution >= 0.6 is 15.9 Å². The van der Waals surface area contributed by atoms with Crippen LogP contribution in [0.3, 0.4) is 0 Å². The van der Waals surface area contributed by atoms with E-state index in [1.165, 1.54) is 30.4 Å². The lowest BCUT2D eigenvalue weighted by molar-refractivity contribution is 0.166. The van der Waals surface area contributed by atoms with Gasteiger partial charge in [-0.3, -0.25) is 0 Å². The Labute approximate surface area is 106 Å². The van der Waals surface area contributed by atoms with Gasteiger partial charge in [0, 0.05) is 24.5 Å². The standard InChI is InChI=1S/C14H19BrO/c1-16-10-9-14(11-15)8-4-6-12-5-2-3-7-13(12)14/h2-3,5,7H,4,6,8-11H2,1H3. The van der Waals surface area contributed by atoms with Crippen LogP contribution < -0.4 is 0 Å². The lowest BCUT2D eigenvalue weighted by atomic mass is 9.69. The van der Waals surface area contributed by atoms with Crippen molar-refractivity contribution in [2.24, 2.45) is 0 Å². The predicted octanol–water partition coefficient (Wildman–Crippen LogP) is 3.69. The Hall–Kier alpha value is -0.340. The maximum Gasteiger partial charge on any atom is 0.0471 e. The number of halogens is 1. The van der Waals surface area contributed by atoms with Gasteiger partial charge in [-0.05, 0) is 36.8 Å². The van der Waals surface area contributed by atoms with Crippen LogP contribution in [0.2, 0.25) is 0 Å². The molecule has 1 atom stereocenters. The Kier molecular flexibility index (Phi) is 4.04. The van der Waals surface area contributed by atoms with E-state index in [-0.39, 0.29) is 0 Å². The molecule has 0 fully saturated rings. The number of hydrogen-bond donors (Lipinski definition) is 0. The molecule has 0 saturated heterocycles. The van der Waals surface area contributed by atoms with Crippen molar-refractivity contribution in [2.45, 2.75) is 31.1 Å². The lowest BCUT2D eigenvalue weighted by Gasteiger charge is -2.38. The van der Waals surface area contributed by atoms with E-state index in [2.05, 4.69) is 40.2 Å². The summed E-state index contributed by atoms with van der Waals surface area (Å²) in [7, 11) is 1.79. The minimum absolute atomic E-state index is 0.296. The summed E-state index contributed by atoms with van der Waals surface area (Å²) in [4.78, 5) is 0. The van der Waals surface area contributed by atoms with E-state index >= 15 is 0 Å². The summed E-state index contributed by atoms with van der Waals surface area (Å²) >= 11 is 3.71. The first-order chi connectivity index (χ1) is 7.82. The molecule has 16 heavy (non-hydrogen) atoms. The fraction of sp³-hybridized carbons (Fsp3) is 0.571. The highest BCUT2D eigenvalue weighted by molar-refractivity contribution is 9.09. The van der Waals surface area contributed by atoms with Gasteiger partial charge in [-0.15, -0.1) is 0 Å². The Morgan fingerprint density at radius 1 is 1.38 bits per heavy atom. The van der Waals surface area contributed by atoms with Crippen LogP contribution in [0.25, 0.3) is 0 Å². The van der Waals surface area contributed by atoms with Crippen molar-refractivity contribution in [2.75, 3.05) is 19.0 Å². The quantitative estimate of drug-likeness (QED) is 0.766. The summed E-state index contributed by atoms with van der Waals surface area (Å²) in [6.07, 6.45) is 4.93. The molecule has 0 bridgehead atoms. The van der Waals surface area contributed by atoms with E-state index < -0.39 is 0 Å². The fourth-order valence-electron chi connectivity index (χ4n) is 2.77. The summed E-state index contributed by atoms with van der Waals surface area (Å²) in [6, 6.07) is 8.89. The summed E-state index contributed by atoms with van der Waals surface area (Å²) in [6.45, 7) is 0.847. The van der Waals surface area contributed by atoms with Crippen LogP contribution in [0.5, 0.6) is 0 Å². The van der Waals surface area contributed by atoms with E-state index in [0.29, 0.717) is 5.41 Å². The molecule has 0 saturated carbocycles. The van der Waals surface area contributed by atoms with Gasteiger partial charge < -0.3 is 4.74 Å². The zero-order chi connectivity index (χ0) is 11.4. The first-order valence-electron chi connectivity index (χ1n) is 5.96. The van der Waals surface area contributed by atoms with Crippen LogP contribution in [-0.4, -0.2) is 19.0 Å². The number of methoxy groups -OCH3 is 1. The third-order valence-corrected chi connectivity index (χ3v) is 4.80. The second-order valence-electron chi connectivity index (χ2n) is 4.67. The topological polar surface area (TPSA) is 9.23 Å². The minimum Gasteiger partial charge on any atom is -0.385 e. The molecular formula is C14H19BrO.